The standard InChI is InChI=1S/C13H17N3O3S/c1-9-7-13(15-19-9)8-20(17,18)16-10(2)11-3-5-12(14)6-4-11/h3-7,10,16H,8,14H2,1-2H3. The van der Waals surface area contributed by atoms with Crippen molar-refractivity contribution in [2.75, 3.05) is 5.73 Å². The van der Waals surface area contributed by atoms with Crippen molar-refractivity contribution >= 4 is 15.7 Å². The van der Waals surface area contributed by atoms with Crippen molar-refractivity contribution < 1.29 is 12.9 Å². The largest absolute Gasteiger partial charge is 0.399 e. The fraction of sp³-hybridized carbons (Fsp3) is 0.308. The van der Waals surface area contributed by atoms with Crippen LogP contribution in [0.25, 0.3) is 0 Å². The minimum atomic E-state index is -3.48. The third-order valence-corrected chi connectivity index (χ3v) is 4.20. The predicted molar refractivity (Wildman–Crippen MR) is 76.3 cm³/mol. The van der Waals surface area contributed by atoms with Gasteiger partial charge in [-0.25, -0.2) is 13.1 Å². The Bertz CT molecular complexity index is 677. The molecule has 2 rings (SSSR count). The Hall–Kier alpha value is -1.86. The lowest BCUT2D eigenvalue weighted by molar-refractivity contribution is 0.392. The predicted octanol–water partition coefficient (Wildman–Crippen LogP) is 1.75. The number of sulfonamides is 1. The summed E-state index contributed by atoms with van der Waals surface area (Å²) in [5.74, 6) is 0.380. The topological polar surface area (TPSA) is 98.2 Å². The smallest absolute Gasteiger partial charge is 0.218 e. The Balaban J connectivity index is 2.05. The zero-order valence-corrected chi connectivity index (χ0v) is 12.1. The van der Waals surface area contributed by atoms with Gasteiger partial charge in [-0.2, -0.15) is 0 Å². The van der Waals surface area contributed by atoms with Gasteiger partial charge in [0.1, 0.15) is 17.2 Å². The first-order chi connectivity index (χ1) is 9.35. The molecule has 1 heterocycles. The summed E-state index contributed by atoms with van der Waals surface area (Å²) in [7, 11) is -3.48. The highest BCUT2D eigenvalue weighted by molar-refractivity contribution is 7.88. The highest BCUT2D eigenvalue weighted by Gasteiger charge is 2.18. The van der Waals surface area contributed by atoms with Crippen molar-refractivity contribution in [1.29, 1.82) is 0 Å². The van der Waals surface area contributed by atoms with Crippen molar-refractivity contribution in [3.8, 4) is 0 Å². The molecule has 0 fully saturated rings. The third kappa shape index (κ3) is 3.82. The minimum absolute atomic E-state index is 0.205. The lowest BCUT2D eigenvalue weighted by Gasteiger charge is -2.14. The van der Waals surface area contributed by atoms with Gasteiger partial charge < -0.3 is 10.3 Å². The number of nitrogens with two attached hydrogens (primary N) is 1. The number of aromatic nitrogens is 1. The first-order valence-electron chi connectivity index (χ1n) is 6.13. The van der Waals surface area contributed by atoms with Crippen molar-refractivity contribution in [3.05, 3.63) is 47.3 Å². The number of nitrogen functional groups attached to an aromatic ring is 1. The highest BCUT2D eigenvalue weighted by atomic mass is 32.2. The van der Waals surface area contributed by atoms with Gasteiger partial charge in [-0.05, 0) is 31.5 Å². The molecule has 7 heteroatoms. The summed E-state index contributed by atoms with van der Waals surface area (Å²) in [6.45, 7) is 3.49. The maximum atomic E-state index is 12.0. The second kappa shape index (κ2) is 5.64. The lowest BCUT2D eigenvalue weighted by atomic mass is 10.1. The summed E-state index contributed by atoms with van der Waals surface area (Å²) in [6.07, 6.45) is 0. The van der Waals surface area contributed by atoms with Gasteiger partial charge in [-0.3, -0.25) is 0 Å². The Morgan fingerprint density at radius 1 is 1.35 bits per heavy atom. The number of hydrogen-bond donors (Lipinski definition) is 2. The van der Waals surface area contributed by atoms with Crippen LogP contribution in [0.1, 0.15) is 30.0 Å². The van der Waals surface area contributed by atoms with Gasteiger partial charge in [0.05, 0.1) is 0 Å². The molecule has 0 bridgehead atoms. The number of nitrogens with one attached hydrogen (secondary N) is 1. The van der Waals surface area contributed by atoms with Gasteiger partial charge in [0.15, 0.2) is 0 Å². The highest BCUT2D eigenvalue weighted by Crippen LogP contribution is 2.16. The van der Waals surface area contributed by atoms with Crippen LogP contribution >= 0.6 is 0 Å². The SMILES string of the molecule is Cc1cc(CS(=O)(=O)NC(C)c2ccc(N)cc2)no1. The van der Waals surface area contributed by atoms with Crippen LogP contribution in [0.3, 0.4) is 0 Å². The molecule has 20 heavy (non-hydrogen) atoms. The molecule has 1 aromatic heterocycles. The molecule has 3 N–H and O–H groups in total. The van der Waals surface area contributed by atoms with E-state index in [1.54, 1.807) is 44.2 Å². The van der Waals surface area contributed by atoms with Crippen LogP contribution < -0.4 is 10.5 Å². The van der Waals surface area contributed by atoms with Crippen LogP contribution in [0.4, 0.5) is 5.69 Å². The van der Waals surface area contributed by atoms with E-state index < -0.39 is 10.0 Å². The van der Waals surface area contributed by atoms with E-state index in [9.17, 15) is 8.42 Å². The van der Waals surface area contributed by atoms with Gasteiger partial charge in [0, 0.05) is 17.8 Å². The van der Waals surface area contributed by atoms with Gasteiger partial charge in [0.25, 0.3) is 0 Å². The zero-order chi connectivity index (χ0) is 14.8. The number of benzene rings is 1. The van der Waals surface area contributed by atoms with Gasteiger partial charge >= 0.3 is 0 Å². The number of anilines is 1. The van der Waals surface area contributed by atoms with Crippen molar-refractivity contribution in [2.24, 2.45) is 0 Å². The average molecular weight is 295 g/mol. The van der Waals surface area contributed by atoms with E-state index >= 15 is 0 Å². The molecule has 0 aliphatic carbocycles. The summed E-state index contributed by atoms with van der Waals surface area (Å²) in [5.41, 5.74) is 7.48. The van der Waals surface area contributed by atoms with Crippen molar-refractivity contribution in [2.45, 2.75) is 25.6 Å². The van der Waals surface area contributed by atoms with E-state index in [1.165, 1.54) is 0 Å². The summed E-state index contributed by atoms with van der Waals surface area (Å²) in [5, 5.41) is 3.68. The fourth-order valence-corrected chi connectivity index (χ4v) is 3.13. The number of nitrogens with zero attached hydrogens (tertiary/aromatic N) is 1. The van der Waals surface area contributed by atoms with Crippen LogP contribution in [0.2, 0.25) is 0 Å². The second-order valence-electron chi connectivity index (χ2n) is 4.69. The third-order valence-electron chi connectivity index (χ3n) is 2.81. The molecular weight excluding hydrogens is 278 g/mol. The molecule has 0 radical (unpaired) electrons. The molecule has 0 aliphatic heterocycles. The summed E-state index contributed by atoms with van der Waals surface area (Å²) in [6, 6.07) is 8.33. The Morgan fingerprint density at radius 2 is 2.00 bits per heavy atom. The number of hydrogen-bond acceptors (Lipinski definition) is 5. The van der Waals surface area contributed by atoms with Gasteiger partial charge in [-0.1, -0.05) is 17.3 Å². The molecule has 1 unspecified atom stereocenters. The number of rotatable bonds is 5. The molecule has 1 atom stereocenters. The summed E-state index contributed by atoms with van der Waals surface area (Å²) < 4.78 is 31.5. The van der Waals surface area contributed by atoms with E-state index in [-0.39, 0.29) is 11.8 Å². The van der Waals surface area contributed by atoms with Crippen LogP contribution in [0.15, 0.2) is 34.9 Å². The van der Waals surface area contributed by atoms with E-state index in [2.05, 4.69) is 9.88 Å². The first kappa shape index (κ1) is 14.5. The molecule has 0 aliphatic rings. The molecule has 0 amide bonds. The molecular formula is C13H17N3O3S. The quantitative estimate of drug-likeness (QED) is 0.819. The Kier molecular flexibility index (Phi) is 4.10. The summed E-state index contributed by atoms with van der Waals surface area (Å²) >= 11 is 0. The van der Waals surface area contributed by atoms with Crippen LogP contribution in [-0.2, 0) is 15.8 Å². The molecule has 0 saturated heterocycles. The van der Waals surface area contributed by atoms with E-state index in [4.69, 9.17) is 10.3 Å². The molecule has 108 valence electrons. The normalized spacial score (nSPS) is 13.3. The van der Waals surface area contributed by atoms with Crippen molar-refractivity contribution in [3.63, 3.8) is 0 Å². The first-order valence-corrected chi connectivity index (χ1v) is 7.78. The summed E-state index contributed by atoms with van der Waals surface area (Å²) in [4.78, 5) is 0. The fourth-order valence-electron chi connectivity index (χ4n) is 1.84. The molecule has 1 aromatic carbocycles. The molecule has 0 saturated carbocycles. The number of aryl methyl sites for hydroxylation is 1. The maximum Gasteiger partial charge on any atom is 0.218 e. The molecule has 6 nitrogen and oxygen atoms in total. The Morgan fingerprint density at radius 3 is 2.55 bits per heavy atom. The molecule has 0 spiro atoms. The maximum absolute atomic E-state index is 12.0. The van der Waals surface area contributed by atoms with E-state index in [0.29, 0.717) is 17.1 Å². The Labute approximate surface area is 118 Å². The molecule has 2 aromatic rings. The van der Waals surface area contributed by atoms with Gasteiger partial charge in [0.2, 0.25) is 10.0 Å². The zero-order valence-electron chi connectivity index (χ0n) is 11.3. The van der Waals surface area contributed by atoms with Crippen molar-refractivity contribution in [1.82, 2.24) is 9.88 Å². The average Bonchev–Trinajstić information content (AvgIpc) is 2.73. The lowest BCUT2D eigenvalue weighted by Crippen LogP contribution is -2.28. The van der Waals surface area contributed by atoms with E-state index in [1.807, 2.05) is 0 Å². The second-order valence-corrected chi connectivity index (χ2v) is 6.45. The van der Waals surface area contributed by atoms with Crippen LogP contribution in [0, 0.1) is 6.92 Å². The van der Waals surface area contributed by atoms with E-state index in [0.717, 1.165) is 5.56 Å². The van der Waals surface area contributed by atoms with Crippen LogP contribution in [0.5, 0.6) is 0 Å². The minimum Gasteiger partial charge on any atom is -0.399 e. The van der Waals surface area contributed by atoms with Gasteiger partial charge in [-0.15, -0.1) is 0 Å². The van der Waals surface area contributed by atoms with Crippen LogP contribution in [-0.4, -0.2) is 13.6 Å². The monoisotopic (exact) mass is 295 g/mol.